The third kappa shape index (κ3) is 2.49. The highest BCUT2D eigenvalue weighted by molar-refractivity contribution is 5.74. The number of hydrogen-bond donors (Lipinski definition) is 1. The zero-order valence-corrected chi connectivity index (χ0v) is 10.1. The molecule has 1 aliphatic heterocycles. The fraction of sp³-hybridized carbons (Fsp3) is 0.667. The number of aryl methyl sites for hydroxylation is 2. The monoisotopic (exact) mass is 238 g/mol. The highest BCUT2D eigenvalue weighted by Crippen LogP contribution is 2.33. The lowest BCUT2D eigenvalue weighted by atomic mass is 9.78. The van der Waals surface area contributed by atoms with Gasteiger partial charge in [0, 0.05) is 25.5 Å². The molecule has 0 aromatic carbocycles. The predicted octanol–water partition coefficient (Wildman–Crippen LogP) is 1.23. The fourth-order valence-electron chi connectivity index (χ4n) is 2.34. The zero-order valence-electron chi connectivity index (χ0n) is 10.1. The highest BCUT2D eigenvalue weighted by atomic mass is 16.5. The third-order valence-electron chi connectivity index (χ3n) is 3.56. The molecular weight excluding hydrogens is 220 g/mol. The quantitative estimate of drug-likeness (QED) is 0.857. The van der Waals surface area contributed by atoms with Gasteiger partial charge in [0.05, 0.1) is 12.0 Å². The zero-order chi connectivity index (χ0) is 12.3. The van der Waals surface area contributed by atoms with Gasteiger partial charge < -0.3 is 9.84 Å². The van der Waals surface area contributed by atoms with Crippen LogP contribution in [0.5, 0.6) is 0 Å². The van der Waals surface area contributed by atoms with Gasteiger partial charge in [-0.1, -0.05) is 0 Å². The lowest BCUT2D eigenvalue weighted by Gasteiger charge is -2.32. The van der Waals surface area contributed by atoms with Crippen molar-refractivity contribution in [2.75, 3.05) is 13.2 Å². The highest BCUT2D eigenvalue weighted by Gasteiger charge is 2.40. The van der Waals surface area contributed by atoms with Crippen molar-refractivity contribution in [3.63, 3.8) is 0 Å². The van der Waals surface area contributed by atoms with E-state index in [9.17, 15) is 9.90 Å². The molecule has 1 aliphatic rings. The van der Waals surface area contributed by atoms with E-state index in [0.717, 1.165) is 18.5 Å². The van der Waals surface area contributed by atoms with Crippen LogP contribution in [0.3, 0.4) is 0 Å². The van der Waals surface area contributed by atoms with Gasteiger partial charge in [0.25, 0.3) is 0 Å². The van der Waals surface area contributed by atoms with Crippen LogP contribution in [0.2, 0.25) is 0 Å². The van der Waals surface area contributed by atoms with Gasteiger partial charge in [-0.3, -0.25) is 9.48 Å². The van der Waals surface area contributed by atoms with Crippen LogP contribution in [0.15, 0.2) is 12.3 Å². The number of aliphatic carboxylic acids is 1. The average molecular weight is 238 g/mol. The Bertz CT molecular complexity index is 394. The maximum Gasteiger partial charge on any atom is 0.312 e. The minimum absolute atomic E-state index is 0.334. The molecule has 1 N–H and O–H groups in total. The number of nitrogens with zero attached hydrogens (tertiary/aromatic N) is 2. The van der Waals surface area contributed by atoms with Crippen LogP contribution in [0.25, 0.3) is 0 Å². The number of carboxylic acids is 1. The van der Waals surface area contributed by atoms with Crippen LogP contribution < -0.4 is 0 Å². The molecule has 1 unspecified atom stereocenters. The molecule has 1 fully saturated rings. The smallest absolute Gasteiger partial charge is 0.312 e. The number of rotatable bonds is 4. The Labute approximate surface area is 100 Å². The Hall–Kier alpha value is -1.36. The van der Waals surface area contributed by atoms with Crippen molar-refractivity contribution in [3.05, 3.63) is 18.0 Å². The predicted molar refractivity (Wildman–Crippen MR) is 61.7 cm³/mol. The molecule has 0 bridgehead atoms. The summed E-state index contributed by atoms with van der Waals surface area (Å²) in [5, 5.41) is 13.5. The first-order valence-electron chi connectivity index (χ1n) is 5.92. The largest absolute Gasteiger partial charge is 0.481 e. The van der Waals surface area contributed by atoms with Gasteiger partial charge in [-0.25, -0.2) is 0 Å². The van der Waals surface area contributed by atoms with Crippen LogP contribution in [-0.4, -0.2) is 34.1 Å². The van der Waals surface area contributed by atoms with E-state index in [4.69, 9.17) is 4.74 Å². The van der Waals surface area contributed by atoms with Crippen LogP contribution in [0.4, 0.5) is 0 Å². The van der Waals surface area contributed by atoms with Gasteiger partial charge in [0.15, 0.2) is 0 Å². The van der Waals surface area contributed by atoms with Crippen molar-refractivity contribution in [1.82, 2.24) is 9.78 Å². The maximum absolute atomic E-state index is 11.4. The van der Waals surface area contributed by atoms with Gasteiger partial charge >= 0.3 is 5.97 Å². The van der Waals surface area contributed by atoms with Gasteiger partial charge in [0.2, 0.25) is 0 Å². The fourth-order valence-corrected chi connectivity index (χ4v) is 2.34. The first kappa shape index (κ1) is 12.1. The van der Waals surface area contributed by atoms with Crippen LogP contribution in [0, 0.1) is 5.41 Å². The first-order valence-corrected chi connectivity index (χ1v) is 5.92. The second-order valence-electron chi connectivity index (χ2n) is 4.69. The van der Waals surface area contributed by atoms with E-state index < -0.39 is 11.4 Å². The second-order valence-corrected chi connectivity index (χ2v) is 4.69. The van der Waals surface area contributed by atoms with Crippen molar-refractivity contribution in [3.8, 4) is 0 Å². The number of hydrogen-bond acceptors (Lipinski definition) is 3. The molecular formula is C12H18N2O3. The SMILES string of the molecule is Cn1nccc1CCC1(C(=O)O)CCCOC1. The molecule has 1 atom stereocenters. The molecule has 5 nitrogen and oxygen atoms in total. The molecule has 17 heavy (non-hydrogen) atoms. The summed E-state index contributed by atoms with van der Waals surface area (Å²) >= 11 is 0. The summed E-state index contributed by atoms with van der Waals surface area (Å²) in [6.07, 6.45) is 4.62. The van der Waals surface area contributed by atoms with E-state index in [2.05, 4.69) is 5.10 Å². The lowest BCUT2D eigenvalue weighted by molar-refractivity contribution is -0.158. The van der Waals surface area contributed by atoms with Crippen LogP contribution in [-0.2, 0) is 23.0 Å². The Morgan fingerprint density at radius 3 is 3.06 bits per heavy atom. The summed E-state index contributed by atoms with van der Waals surface area (Å²) in [4.78, 5) is 11.4. The summed E-state index contributed by atoms with van der Waals surface area (Å²) in [6.45, 7) is 1.01. The molecule has 1 aromatic rings. The minimum atomic E-state index is -0.737. The Morgan fingerprint density at radius 2 is 2.53 bits per heavy atom. The topological polar surface area (TPSA) is 64.4 Å². The molecule has 1 saturated heterocycles. The maximum atomic E-state index is 11.4. The van der Waals surface area contributed by atoms with E-state index in [-0.39, 0.29) is 0 Å². The van der Waals surface area contributed by atoms with Crippen molar-refractivity contribution in [1.29, 1.82) is 0 Å². The molecule has 94 valence electrons. The number of carboxylic acid groups (broad SMARTS) is 1. The van der Waals surface area contributed by atoms with Crippen molar-refractivity contribution in [2.24, 2.45) is 12.5 Å². The Morgan fingerprint density at radius 1 is 1.71 bits per heavy atom. The summed E-state index contributed by atoms with van der Waals surface area (Å²) in [5.41, 5.74) is 0.360. The summed E-state index contributed by atoms with van der Waals surface area (Å²) in [7, 11) is 1.88. The van der Waals surface area contributed by atoms with Crippen molar-refractivity contribution in [2.45, 2.75) is 25.7 Å². The molecule has 0 amide bonds. The molecule has 1 aromatic heterocycles. The number of carbonyl (C=O) groups is 1. The molecule has 0 saturated carbocycles. The molecule has 0 radical (unpaired) electrons. The average Bonchev–Trinajstić information content (AvgIpc) is 2.73. The van der Waals surface area contributed by atoms with Gasteiger partial charge in [-0.15, -0.1) is 0 Å². The standard InChI is InChI=1S/C12H18N2O3/c1-14-10(4-7-13-14)3-6-12(11(15)16)5-2-8-17-9-12/h4,7H,2-3,5-6,8-9H2,1H3,(H,15,16). The number of aromatic nitrogens is 2. The minimum Gasteiger partial charge on any atom is -0.481 e. The molecule has 2 heterocycles. The molecule has 0 spiro atoms. The van der Waals surface area contributed by atoms with Crippen LogP contribution in [0.1, 0.15) is 25.0 Å². The Kier molecular flexibility index (Phi) is 3.47. The van der Waals surface area contributed by atoms with Gasteiger partial charge in [-0.2, -0.15) is 5.10 Å². The summed E-state index contributed by atoms with van der Waals surface area (Å²) in [6, 6.07) is 1.93. The second kappa shape index (κ2) is 4.87. The van der Waals surface area contributed by atoms with E-state index in [0.29, 0.717) is 26.1 Å². The lowest BCUT2D eigenvalue weighted by Crippen LogP contribution is -2.39. The third-order valence-corrected chi connectivity index (χ3v) is 3.56. The van der Waals surface area contributed by atoms with Crippen LogP contribution >= 0.6 is 0 Å². The Balaban J connectivity index is 2.03. The normalized spacial score (nSPS) is 24.8. The van der Waals surface area contributed by atoms with E-state index in [1.807, 2.05) is 13.1 Å². The first-order chi connectivity index (χ1) is 8.14. The van der Waals surface area contributed by atoms with Crippen molar-refractivity contribution < 1.29 is 14.6 Å². The number of ether oxygens (including phenoxy) is 1. The van der Waals surface area contributed by atoms with E-state index >= 15 is 0 Å². The summed E-state index contributed by atoms with van der Waals surface area (Å²) in [5.74, 6) is -0.737. The summed E-state index contributed by atoms with van der Waals surface area (Å²) < 4.78 is 7.13. The van der Waals surface area contributed by atoms with Gasteiger partial charge in [-0.05, 0) is 31.7 Å². The molecule has 0 aliphatic carbocycles. The van der Waals surface area contributed by atoms with E-state index in [1.54, 1.807) is 10.9 Å². The van der Waals surface area contributed by atoms with Gasteiger partial charge in [0.1, 0.15) is 0 Å². The molecule has 5 heteroatoms. The molecule has 2 rings (SSSR count). The van der Waals surface area contributed by atoms with E-state index in [1.165, 1.54) is 0 Å². The van der Waals surface area contributed by atoms with Crippen molar-refractivity contribution >= 4 is 5.97 Å².